The molecule has 37 heavy (non-hydrogen) atoms. The molecule has 184 valence electrons. The Balaban J connectivity index is 1.51. The lowest BCUT2D eigenvalue weighted by molar-refractivity contribution is -0.123. The van der Waals surface area contributed by atoms with Gasteiger partial charge in [0, 0.05) is 29.1 Å². The van der Waals surface area contributed by atoms with Gasteiger partial charge in [-0.3, -0.25) is 14.6 Å². The Bertz CT molecular complexity index is 1720. The summed E-state index contributed by atoms with van der Waals surface area (Å²) in [5.41, 5.74) is 3.18. The van der Waals surface area contributed by atoms with Crippen LogP contribution in [-0.2, 0) is 16.6 Å². The van der Waals surface area contributed by atoms with Crippen molar-refractivity contribution in [1.82, 2.24) is 9.55 Å². The summed E-state index contributed by atoms with van der Waals surface area (Å²) in [5, 5.41) is 4.77. The quantitative estimate of drug-likeness (QED) is 0.339. The number of rotatable bonds is 5. The van der Waals surface area contributed by atoms with Crippen LogP contribution in [-0.4, -0.2) is 27.5 Å². The molecule has 5 rings (SSSR count). The molecule has 0 radical (unpaired) electrons. The molecule has 7 nitrogen and oxygen atoms in total. The Morgan fingerprint density at radius 1 is 0.892 bits per heavy atom. The summed E-state index contributed by atoms with van der Waals surface area (Å²) < 4.78 is 6.92. The van der Waals surface area contributed by atoms with Crippen molar-refractivity contribution in [2.45, 2.75) is 20.0 Å². The maximum Gasteiger partial charge on any atom is 0.356 e. The first kappa shape index (κ1) is 23.9. The van der Waals surface area contributed by atoms with Gasteiger partial charge in [0.15, 0.2) is 6.10 Å². The van der Waals surface area contributed by atoms with Gasteiger partial charge < -0.3 is 14.6 Å². The zero-order valence-corrected chi connectivity index (χ0v) is 20.7. The molecule has 3 aromatic carbocycles. The SMILES string of the molecule is Cc1cc(NC(=O)C(C)OC(=O)c2c(-c3ccccc3)c3ccccc3c(=O)n2C)c2ccccc2n1. The standard InChI is InChI=1S/C30H25N3O4/c1-18-17-25(23-15-9-10-16-24(23)31-18)32-28(34)19(2)37-30(36)27-26(20-11-5-4-6-12-20)21-13-7-8-14-22(21)29(35)33(27)3/h4-17,19H,1-3H3,(H,31,32,34). The Hall–Kier alpha value is -4.78. The van der Waals surface area contributed by atoms with Gasteiger partial charge in [-0.25, -0.2) is 4.79 Å². The Kier molecular flexibility index (Phi) is 6.27. The van der Waals surface area contributed by atoms with Crippen LogP contribution >= 0.6 is 0 Å². The van der Waals surface area contributed by atoms with E-state index in [1.165, 1.54) is 18.5 Å². The smallest absolute Gasteiger partial charge is 0.356 e. The summed E-state index contributed by atoms with van der Waals surface area (Å²) in [6, 6.07) is 25.7. The summed E-state index contributed by atoms with van der Waals surface area (Å²) in [6.07, 6.45) is -1.12. The number of hydrogen-bond acceptors (Lipinski definition) is 5. The van der Waals surface area contributed by atoms with E-state index in [0.717, 1.165) is 22.2 Å². The highest BCUT2D eigenvalue weighted by molar-refractivity contribution is 6.08. The van der Waals surface area contributed by atoms with E-state index >= 15 is 0 Å². The van der Waals surface area contributed by atoms with Crippen LogP contribution in [0.25, 0.3) is 32.8 Å². The zero-order valence-electron chi connectivity index (χ0n) is 20.7. The first-order chi connectivity index (χ1) is 17.8. The Labute approximate surface area is 213 Å². The number of nitrogens with zero attached hydrogens (tertiary/aromatic N) is 2. The molecule has 1 amide bonds. The van der Waals surface area contributed by atoms with Gasteiger partial charge in [-0.15, -0.1) is 0 Å². The number of ether oxygens (including phenoxy) is 1. The van der Waals surface area contributed by atoms with Crippen molar-refractivity contribution in [3.8, 4) is 11.1 Å². The number of para-hydroxylation sites is 1. The second-order valence-electron chi connectivity index (χ2n) is 8.86. The van der Waals surface area contributed by atoms with Crippen molar-refractivity contribution in [3.05, 3.63) is 107 Å². The number of carbonyl (C=O) groups excluding carboxylic acids is 2. The number of benzene rings is 3. The average Bonchev–Trinajstić information content (AvgIpc) is 2.90. The van der Waals surface area contributed by atoms with Gasteiger partial charge in [-0.2, -0.15) is 0 Å². The molecule has 0 aliphatic rings. The zero-order chi connectivity index (χ0) is 26.1. The molecule has 0 fully saturated rings. The van der Waals surface area contributed by atoms with Gasteiger partial charge in [0.1, 0.15) is 5.69 Å². The van der Waals surface area contributed by atoms with Crippen LogP contribution in [0.5, 0.6) is 0 Å². The summed E-state index contributed by atoms with van der Waals surface area (Å²) >= 11 is 0. The summed E-state index contributed by atoms with van der Waals surface area (Å²) in [4.78, 5) is 44.2. The average molecular weight is 492 g/mol. The van der Waals surface area contributed by atoms with E-state index in [0.29, 0.717) is 22.0 Å². The van der Waals surface area contributed by atoms with Crippen molar-refractivity contribution in [2.24, 2.45) is 7.05 Å². The van der Waals surface area contributed by atoms with E-state index in [9.17, 15) is 14.4 Å². The lowest BCUT2D eigenvalue weighted by atomic mass is 9.97. The Morgan fingerprint density at radius 3 is 2.24 bits per heavy atom. The highest BCUT2D eigenvalue weighted by atomic mass is 16.5. The number of fused-ring (bicyclic) bond motifs is 2. The van der Waals surface area contributed by atoms with Crippen molar-refractivity contribution in [3.63, 3.8) is 0 Å². The van der Waals surface area contributed by atoms with Crippen LogP contribution in [0.2, 0.25) is 0 Å². The van der Waals surface area contributed by atoms with E-state index in [1.54, 1.807) is 18.2 Å². The lowest BCUT2D eigenvalue weighted by Gasteiger charge is -2.19. The molecule has 0 aliphatic carbocycles. The molecular weight excluding hydrogens is 466 g/mol. The molecule has 1 atom stereocenters. The topological polar surface area (TPSA) is 90.3 Å². The van der Waals surface area contributed by atoms with E-state index in [4.69, 9.17) is 4.74 Å². The number of pyridine rings is 2. The number of anilines is 1. The maximum atomic E-state index is 13.5. The van der Waals surface area contributed by atoms with Crippen molar-refractivity contribution < 1.29 is 14.3 Å². The van der Waals surface area contributed by atoms with Crippen LogP contribution < -0.4 is 10.9 Å². The highest BCUT2D eigenvalue weighted by Crippen LogP contribution is 2.31. The summed E-state index contributed by atoms with van der Waals surface area (Å²) in [6.45, 7) is 3.35. The molecule has 1 unspecified atom stereocenters. The predicted molar refractivity (Wildman–Crippen MR) is 145 cm³/mol. The van der Waals surface area contributed by atoms with Gasteiger partial charge in [0.25, 0.3) is 11.5 Å². The molecule has 2 aromatic heterocycles. The second-order valence-corrected chi connectivity index (χ2v) is 8.86. The van der Waals surface area contributed by atoms with Gasteiger partial charge in [-0.05, 0) is 43.0 Å². The molecule has 0 saturated heterocycles. The molecule has 0 aliphatic heterocycles. The van der Waals surface area contributed by atoms with Crippen molar-refractivity contribution in [1.29, 1.82) is 0 Å². The van der Waals surface area contributed by atoms with E-state index in [2.05, 4.69) is 10.3 Å². The maximum absolute atomic E-state index is 13.5. The number of carbonyl (C=O) groups is 2. The van der Waals surface area contributed by atoms with E-state index < -0.39 is 18.0 Å². The number of nitrogens with one attached hydrogen (secondary N) is 1. The largest absolute Gasteiger partial charge is 0.448 e. The van der Waals surface area contributed by atoms with Crippen LogP contribution in [0.4, 0.5) is 5.69 Å². The van der Waals surface area contributed by atoms with E-state index in [1.807, 2.05) is 73.7 Å². The number of esters is 1. The van der Waals surface area contributed by atoms with Gasteiger partial charge >= 0.3 is 5.97 Å². The van der Waals surface area contributed by atoms with Crippen molar-refractivity contribution >= 4 is 39.2 Å². The fraction of sp³-hybridized carbons (Fsp3) is 0.133. The van der Waals surface area contributed by atoms with Crippen LogP contribution in [0.1, 0.15) is 23.1 Å². The molecule has 7 heteroatoms. The molecule has 1 N–H and O–H groups in total. The fourth-order valence-electron chi connectivity index (χ4n) is 4.52. The number of amides is 1. The van der Waals surface area contributed by atoms with Crippen LogP contribution in [0.15, 0.2) is 89.7 Å². The van der Waals surface area contributed by atoms with Gasteiger partial charge in [0.05, 0.1) is 11.2 Å². The summed E-state index contributed by atoms with van der Waals surface area (Å²) in [7, 11) is 1.54. The molecule has 0 bridgehead atoms. The second kappa shape index (κ2) is 9.70. The summed E-state index contributed by atoms with van der Waals surface area (Å²) in [5.74, 6) is -1.25. The predicted octanol–water partition coefficient (Wildman–Crippen LogP) is 5.25. The Morgan fingerprint density at radius 2 is 1.51 bits per heavy atom. The van der Waals surface area contributed by atoms with E-state index in [-0.39, 0.29) is 11.3 Å². The molecule has 0 spiro atoms. The monoisotopic (exact) mass is 491 g/mol. The number of hydrogen-bond donors (Lipinski definition) is 1. The van der Waals surface area contributed by atoms with Gasteiger partial charge in [0.2, 0.25) is 0 Å². The molecule has 0 saturated carbocycles. The fourth-order valence-corrected chi connectivity index (χ4v) is 4.52. The third-order valence-electron chi connectivity index (χ3n) is 6.31. The minimum Gasteiger partial charge on any atom is -0.448 e. The van der Waals surface area contributed by atoms with Crippen LogP contribution in [0.3, 0.4) is 0 Å². The first-order valence-electron chi connectivity index (χ1n) is 11.9. The lowest BCUT2D eigenvalue weighted by Crippen LogP contribution is -2.33. The molecule has 2 heterocycles. The molecular formula is C30H25N3O4. The minimum absolute atomic E-state index is 0.0831. The normalized spacial score (nSPS) is 11.9. The number of aryl methyl sites for hydroxylation is 1. The minimum atomic E-state index is -1.12. The molecule has 5 aromatic rings. The third-order valence-corrected chi connectivity index (χ3v) is 6.31. The van der Waals surface area contributed by atoms with Crippen molar-refractivity contribution in [2.75, 3.05) is 5.32 Å². The number of aromatic nitrogens is 2. The first-order valence-corrected chi connectivity index (χ1v) is 11.9. The van der Waals surface area contributed by atoms with Crippen LogP contribution in [0, 0.1) is 6.92 Å². The highest BCUT2D eigenvalue weighted by Gasteiger charge is 2.26. The third kappa shape index (κ3) is 4.47. The van der Waals surface area contributed by atoms with Gasteiger partial charge in [-0.1, -0.05) is 66.7 Å².